The Kier molecular flexibility index (Phi) is 3.31. The third kappa shape index (κ3) is 2.67. The molecule has 0 spiro atoms. The number of hydrogen-bond acceptors (Lipinski definition) is 3. The number of rotatable bonds is 4. The van der Waals surface area contributed by atoms with Crippen LogP contribution in [0.1, 0.15) is 24.1 Å². The molecule has 16 heavy (non-hydrogen) atoms. The Hall–Kier alpha value is -1.68. The fourth-order valence-electron chi connectivity index (χ4n) is 1.55. The van der Waals surface area contributed by atoms with Crippen molar-refractivity contribution in [2.24, 2.45) is 7.05 Å². The fraction of sp³-hybridized carbons (Fsp3) is 0.333. The van der Waals surface area contributed by atoms with E-state index in [1.807, 2.05) is 48.6 Å². The Morgan fingerprint density at radius 2 is 2.12 bits per heavy atom. The van der Waals surface area contributed by atoms with Crippen LogP contribution in [0.15, 0.2) is 36.9 Å². The van der Waals surface area contributed by atoms with Gasteiger partial charge in [0, 0.05) is 43.8 Å². The molecule has 0 aliphatic heterocycles. The lowest BCUT2D eigenvalue weighted by molar-refractivity contribution is 0.574. The first-order chi connectivity index (χ1) is 7.75. The van der Waals surface area contributed by atoms with Gasteiger partial charge in [0.15, 0.2) is 0 Å². The van der Waals surface area contributed by atoms with Gasteiger partial charge in [-0.05, 0) is 24.6 Å². The third-order valence-electron chi connectivity index (χ3n) is 2.59. The molecule has 4 nitrogen and oxygen atoms in total. The molecule has 0 aromatic carbocycles. The van der Waals surface area contributed by atoms with Crippen LogP contribution in [0, 0.1) is 0 Å². The van der Waals surface area contributed by atoms with E-state index < -0.39 is 0 Å². The van der Waals surface area contributed by atoms with Gasteiger partial charge in [-0.2, -0.15) is 5.10 Å². The Morgan fingerprint density at radius 3 is 2.75 bits per heavy atom. The number of nitrogens with zero attached hydrogens (tertiary/aromatic N) is 3. The second-order valence-electron chi connectivity index (χ2n) is 3.91. The summed E-state index contributed by atoms with van der Waals surface area (Å²) < 4.78 is 1.82. The van der Waals surface area contributed by atoms with Crippen LogP contribution in [-0.4, -0.2) is 14.8 Å². The first-order valence-electron chi connectivity index (χ1n) is 5.36. The van der Waals surface area contributed by atoms with E-state index in [0.717, 1.165) is 6.54 Å². The summed E-state index contributed by atoms with van der Waals surface area (Å²) in [5, 5.41) is 7.61. The summed E-state index contributed by atoms with van der Waals surface area (Å²) in [7, 11) is 1.93. The smallest absolute Gasteiger partial charge is 0.0537 e. The molecule has 0 fully saturated rings. The molecule has 1 unspecified atom stereocenters. The van der Waals surface area contributed by atoms with Crippen molar-refractivity contribution in [2.45, 2.75) is 19.5 Å². The Balaban J connectivity index is 1.91. The predicted octanol–water partition coefficient (Wildman–Crippen LogP) is 1.67. The number of aromatic nitrogens is 3. The van der Waals surface area contributed by atoms with Crippen LogP contribution in [0.4, 0.5) is 0 Å². The molecule has 1 atom stereocenters. The number of hydrogen-bond donors (Lipinski definition) is 1. The van der Waals surface area contributed by atoms with Gasteiger partial charge in [-0.25, -0.2) is 0 Å². The molecule has 0 saturated heterocycles. The van der Waals surface area contributed by atoms with E-state index in [2.05, 4.69) is 22.3 Å². The van der Waals surface area contributed by atoms with Crippen LogP contribution in [-0.2, 0) is 13.6 Å². The van der Waals surface area contributed by atoms with Crippen molar-refractivity contribution in [3.8, 4) is 0 Å². The molecule has 2 aromatic heterocycles. The maximum atomic E-state index is 4.16. The van der Waals surface area contributed by atoms with Crippen molar-refractivity contribution in [1.82, 2.24) is 20.1 Å². The molecule has 0 amide bonds. The van der Waals surface area contributed by atoms with E-state index in [4.69, 9.17) is 0 Å². The van der Waals surface area contributed by atoms with E-state index in [-0.39, 0.29) is 0 Å². The molecular formula is C12H16N4. The molecule has 2 heterocycles. The van der Waals surface area contributed by atoms with E-state index in [1.165, 1.54) is 11.1 Å². The van der Waals surface area contributed by atoms with E-state index >= 15 is 0 Å². The molecule has 0 bridgehead atoms. The minimum absolute atomic E-state index is 0.307. The lowest BCUT2D eigenvalue weighted by Gasteiger charge is -2.11. The summed E-state index contributed by atoms with van der Waals surface area (Å²) in [6.45, 7) is 2.98. The molecular weight excluding hydrogens is 200 g/mol. The van der Waals surface area contributed by atoms with Gasteiger partial charge in [-0.15, -0.1) is 0 Å². The quantitative estimate of drug-likeness (QED) is 0.845. The van der Waals surface area contributed by atoms with Crippen LogP contribution in [0.3, 0.4) is 0 Å². The number of nitrogens with one attached hydrogen (secondary N) is 1. The second kappa shape index (κ2) is 4.90. The zero-order valence-electron chi connectivity index (χ0n) is 9.59. The third-order valence-corrected chi connectivity index (χ3v) is 2.59. The van der Waals surface area contributed by atoms with Crippen molar-refractivity contribution in [1.29, 1.82) is 0 Å². The average molecular weight is 216 g/mol. The van der Waals surface area contributed by atoms with E-state index in [9.17, 15) is 0 Å². The summed E-state index contributed by atoms with van der Waals surface area (Å²) in [5.41, 5.74) is 2.45. The van der Waals surface area contributed by atoms with Crippen molar-refractivity contribution >= 4 is 0 Å². The maximum Gasteiger partial charge on any atom is 0.0537 e. The first kappa shape index (κ1) is 10.8. The van der Waals surface area contributed by atoms with Crippen molar-refractivity contribution in [3.05, 3.63) is 48.0 Å². The zero-order chi connectivity index (χ0) is 11.4. The standard InChI is InChI=1S/C12H16N4/c1-10(12-8-15-16(2)9-12)14-7-11-3-5-13-6-4-11/h3-6,8-10,14H,7H2,1-2H3. The highest BCUT2D eigenvalue weighted by Crippen LogP contribution is 2.11. The van der Waals surface area contributed by atoms with Gasteiger partial charge in [0.05, 0.1) is 6.20 Å². The van der Waals surface area contributed by atoms with Gasteiger partial charge in [0.25, 0.3) is 0 Å². The SMILES string of the molecule is CC(NCc1ccncc1)c1cnn(C)c1. The molecule has 84 valence electrons. The van der Waals surface area contributed by atoms with E-state index in [0.29, 0.717) is 6.04 Å². The van der Waals surface area contributed by atoms with Gasteiger partial charge in [-0.3, -0.25) is 9.67 Å². The first-order valence-corrected chi connectivity index (χ1v) is 5.36. The van der Waals surface area contributed by atoms with Crippen LogP contribution < -0.4 is 5.32 Å². The Bertz CT molecular complexity index is 435. The highest BCUT2D eigenvalue weighted by molar-refractivity contribution is 5.12. The van der Waals surface area contributed by atoms with Gasteiger partial charge in [-0.1, -0.05) is 0 Å². The van der Waals surface area contributed by atoms with Crippen molar-refractivity contribution < 1.29 is 0 Å². The molecule has 0 aliphatic carbocycles. The summed E-state index contributed by atoms with van der Waals surface area (Å²) in [6.07, 6.45) is 7.55. The van der Waals surface area contributed by atoms with Gasteiger partial charge in [0.1, 0.15) is 0 Å². The molecule has 0 radical (unpaired) electrons. The normalized spacial score (nSPS) is 12.6. The van der Waals surface area contributed by atoms with Crippen LogP contribution >= 0.6 is 0 Å². The van der Waals surface area contributed by atoms with Crippen molar-refractivity contribution in [3.63, 3.8) is 0 Å². The lowest BCUT2D eigenvalue weighted by Crippen LogP contribution is -2.17. The molecule has 0 saturated carbocycles. The monoisotopic (exact) mass is 216 g/mol. The van der Waals surface area contributed by atoms with Crippen molar-refractivity contribution in [2.75, 3.05) is 0 Å². The van der Waals surface area contributed by atoms with E-state index in [1.54, 1.807) is 0 Å². The fourth-order valence-corrected chi connectivity index (χ4v) is 1.55. The number of pyridine rings is 1. The average Bonchev–Trinajstić information content (AvgIpc) is 2.74. The van der Waals surface area contributed by atoms with Gasteiger partial charge in [0.2, 0.25) is 0 Å². The molecule has 2 aromatic rings. The minimum atomic E-state index is 0.307. The molecule has 1 N–H and O–H groups in total. The van der Waals surface area contributed by atoms with Gasteiger partial charge < -0.3 is 5.32 Å². The van der Waals surface area contributed by atoms with Crippen LogP contribution in [0.2, 0.25) is 0 Å². The summed E-state index contributed by atoms with van der Waals surface area (Å²) >= 11 is 0. The molecule has 4 heteroatoms. The minimum Gasteiger partial charge on any atom is -0.306 e. The summed E-state index contributed by atoms with van der Waals surface area (Å²) in [6, 6.07) is 4.34. The van der Waals surface area contributed by atoms with Gasteiger partial charge >= 0.3 is 0 Å². The van der Waals surface area contributed by atoms with Crippen LogP contribution in [0.25, 0.3) is 0 Å². The highest BCUT2D eigenvalue weighted by atomic mass is 15.2. The van der Waals surface area contributed by atoms with Crippen LogP contribution in [0.5, 0.6) is 0 Å². The Morgan fingerprint density at radius 1 is 1.38 bits per heavy atom. The summed E-state index contributed by atoms with van der Waals surface area (Å²) in [5.74, 6) is 0. The maximum absolute atomic E-state index is 4.16. The zero-order valence-corrected chi connectivity index (χ0v) is 9.59. The highest BCUT2D eigenvalue weighted by Gasteiger charge is 2.06. The second-order valence-corrected chi connectivity index (χ2v) is 3.91. The molecule has 0 aliphatic rings. The largest absolute Gasteiger partial charge is 0.306 e. The predicted molar refractivity (Wildman–Crippen MR) is 62.7 cm³/mol. The summed E-state index contributed by atoms with van der Waals surface area (Å²) in [4.78, 5) is 3.99. The number of aryl methyl sites for hydroxylation is 1. The topological polar surface area (TPSA) is 42.7 Å². The molecule has 2 rings (SSSR count). The Labute approximate surface area is 95.3 Å². The lowest BCUT2D eigenvalue weighted by atomic mass is 10.2.